The molecule has 0 bridgehead atoms. The largest absolute Gasteiger partial charge is 0.387 e. The Balaban J connectivity index is 2.00. The van der Waals surface area contributed by atoms with Crippen molar-refractivity contribution in [2.75, 3.05) is 6.54 Å². The lowest BCUT2D eigenvalue weighted by Crippen LogP contribution is -2.28. The van der Waals surface area contributed by atoms with Crippen LogP contribution in [0.2, 0.25) is 8.67 Å². The number of nitrogens with one attached hydrogen (secondary N) is 1. The number of thiophene rings is 1. The van der Waals surface area contributed by atoms with Gasteiger partial charge in [0, 0.05) is 6.54 Å². The topological polar surface area (TPSA) is 49.3 Å². The fourth-order valence-corrected chi connectivity index (χ4v) is 3.08. The van der Waals surface area contributed by atoms with Crippen molar-refractivity contribution in [3.8, 4) is 0 Å². The molecule has 0 radical (unpaired) electrons. The molecular formula is C13H9Cl2F2NO2S. The highest BCUT2D eigenvalue weighted by atomic mass is 35.5. The Labute approximate surface area is 133 Å². The van der Waals surface area contributed by atoms with Gasteiger partial charge in [-0.3, -0.25) is 4.79 Å². The number of benzene rings is 1. The van der Waals surface area contributed by atoms with Crippen LogP contribution in [0.3, 0.4) is 0 Å². The standard InChI is InChI=1S/C13H9Cl2F2NO2S/c14-11-4-7(12(15)21-11)13(20)18-5-10(19)6-1-2-8(16)9(17)3-6/h1-4,10,19H,5H2,(H,18,20). The third kappa shape index (κ3) is 3.91. The number of aliphatic hydroxyl groups excluding tert-OH is 1. The van der Waals surface area contributed by atoms with E-state index in [1.807, 2.05) is 0 Å². The third-order valence-electron chi connectivity index (χ3n) is 2.69. The summed E-state index contributed by atoms with van der Waals surface area (Å²) in [5.74, 6) is -2.58. The van der Waals surface area contributed by atoms with Crippen molar-refractivity contribution in [2.45, 2.75) is 6.10 Å². The molecule has 1 aromatic heterocycles. The molecule has 0 saturated heterocycles. The van der Waals surface area contributed by atoms with Gasteiger partial charge >= 0.3 is 0 Å². The smallest absolute Gasteiger partial charge is 0.253 e. The molecule has 0 saturated carbocycles. The summed E-state index contributed by atoms with van der Waals surface area (Å²) in [6.07, 6.45) is -1.17. The number of rotatable bonds is 4. The zero-order chi connectivity index (χ0) is 15.6. The van der Waals surface area contributed by atoms with E-state index in [1.165, 1.54) is 12.1 Å². The van der Waals surface area contributed by atoms with Crippen molar-refractivity contribution in [3.63, 3.8) is 0 Å². The molecule has 0 aliphatic rings. The van der Waals surface area contributed by atoms with Crippen molar-refractivity contribution in [2.24, 2.45) is 0 Å². The van der Waals surface area contributed by atoms with Crippen LogP contribution in [0, 0.1) is 11.6 Å². The predicted octanol–water partition coefficient (Wildman–Crippen LogP) is 3.80. The Kier molecular flexibility index (Phi) is 5.16. The molecule has 2 aromatic rings. The minimum Gasteiger partial charge on any atom is -0.387 e. The molecule has 8 heteroatoms. The van der Waals surface area contributed by atoms with Gasteiger partial charge in [0.2, 0.25) is 0 Å². The first-order chi connectivity index (χ1) is 9.88. The summed E-state index contributed by atoms with van der Waals surface area (Å²) in [4.78, 5) is 11.8. The monoisotopic (exact) mass is 351 g/mol. The Morgan fingerprint density at radius 3 is 2.57 bits per heavy atom. The van der Waals surface area contributed by atoms with Crippen molar-refractivity contribution < 1.29 is 18.7 Å². The van der Waals surface area contributed by atoms with Crippen LogP contribution in [0.4, 0.5) is 8.78 Å². The van der Waals surface area contributed by atoms with Crippen molar-refractivity contribution in [3.05, 3.63) is 55.7 Å². The fraction of sp³-hybridized carbons (Fsp3) is 0.154. The molecule has 21 heavy (non-hydrogen) atoms. The summed E-state index contributed by atoms with van der Waals surface area (Å²) in [5.41, 5.74) is 0.354. The van der Waals surface area contributed by atoms with Crippen molar-refractivity contribution in [1.29, 1.82) is 0 Å². The molecule has 1 heterocycles. The van der Waals surface area contributed by atoms with E-state index in [9.17, 15) is 18.7 Å². The summed E-state index contributed by atoms with van der Waals surface area (Å²) in [5, 5.41) is 12.3. The summed E-state index contributed by atoms with van der Waals surface area (Å²) in [6, 6.07) is 4.43. The average Bonchev–Trinajstić information content (AvgIpc) is 2.77. The van der Waals surface area contributed by atoms with E-state index in [1.54, 1.807) is 0 Å². The van der Waals surface area contributed by atoms with E-state index in [4.69, 9.17) is 23.2 Å². The number of amides is 1. The first-order valence-corrected chi connectivity index (χ1v) is 7.31. The maximum Gasteiger partial charge on any atom is 0.253 e. The van der Waals surface area contributed by atoms with Crippen LogP contribution in [0.25, 0.3) is 0 Å². The number of aliphatic hydroxyl groups is 1. The molecule has 0 aliphatic heterocycles. The van der Waals surface area contributed by atoms with E-state index in [0.29, 0.717) is 4.34 Å². The fourth-order valence-electron chi connectivity index (χ4n) is 1.62. The second-order valence-corrected chi connectivity index (χ2v) is 6.42. The van der Waals surface area contributed by atoms with Gasteiger partial charge in [-0.2, -0.15) is 0 Å². The number of carbonyl (C=O) groups is 1. The van der Waals surface area contributed by atoms with Gasteiger partial charge in [-0.15, -0.1) is 11.3 Å². The zero-order valence-electron chi connectivity index (χ0n) is 10.4. The molecule has 1 unspecified atom stereocenters. The van der Waals surface area contributed by atoms with E-state index in [2.05, 4.69) is 5.32 Å². The first-order valence-electron chi connectivity index (χ1n) is 5.74. The summed E-state index contributed by atoms with van der Waals surface area (Å²) in [6.45, 7) is -0.173. The summed E-state index contributed by atoms with van der Waals surface area (Å²) < 4.78 is 26.4. The second-order valence-electron chi connectivity index (χ2n) is 4.14. The summed E-state index contributed by atoms with van der Waals surface area (Å²) >= 11 is 12.6. The van der Waals surface area contributed by atoms with Gasteiger partial charge in [-0.25, -0.2) is 8.78 Å². The number of halogens is 4. The summed E-state index contributed by atoms with van der Waals surface area (Å²) in [7, 11) is 0. The van der Waals surface area contributed by atoms with Crippen LogP contribution < -0.4 is 5.32 Å². The van der Waals surface area contributed by atoms with Gasteiger partial charge < -0.3 is 10.4 Å². The molecule has 3 nitrogen and oxygen atoms in total. The number of hydrogen-bond donors (Lipinski definition) is 2. The Morgan fingerprint density at radius 1 is 1.29 bits per heavy atom. The lowest BCUT2D eigenvalue weighted by molar-refractivity contribution is 0.0916. The van der Waals surface area contributed by atoms with Crippen LogP contribution in [0.15, 0.2) is 24.3 Å². The predicted molar refractivity (Wildman–Crippen MR) is 78.0 cm³/mol. The Hall–Kier alpha value is -1.21. The van der Waals surface area contributed by atoms with Gasteiger partial charge in [0.15, 0.2) is 11.6 Å². The van der Waals surface area contributed by atoms with Gasteiger partial charge in [-0.1, -0.05) is 29.3 Å². The van der Waals surface area contributed by atoms with Crippen LogP contribution in [-0.2, 0) is 0 Å². The third-order valence-corrected chi connectivity index (χ3v) is 4.17. The highest BCUT2D eigenvalue weighted by molar-refractivity contribution is 7.20. The molecule has 1 amide bonds. The zero-order valence-corrected chi connectivity index (χ0v) is 12.7. The second kappa shape index (κ2) is 6.70. The maximum atomic E-state index is 13.1. The minimum absolute atomic E-state index is 0.156. The lowest BCUT2D eigenvalue weighted by Gasteiger charge is -2.12. The van der Waals surface area contributed by atoms with Crippen LogP contribution >= 0.6 is 34.5 Å². The van der Waals surface area contributed by atoms with E-state index >= 15 is 0 Å². The molecule has 1 atom stereocenters. The van der Waals surface area contributed by atoms with Crippen LogP contribution in [-0.4, -0.2) is 17.6 Å². The molecule has 0 aliphatic carbocycles. The maximum absolute atomic E-state index is 13.1. The highest BCUT2D eigenvalue weighted by Gasteiger charge is 2.16. The number of hydrogen-bond acceptors (Lipinski definition) is 3. The Bertz CT molecular complexity index is 678. The van der Waals surface area contributed by atoms with E-state index in [-0.39, 0.29) is 22.0 Å². The molecule has 1 aromatic carbocycles. The molecule has 2 rings (SSSR count). The lowest BCUT2D eigenvalue weighted by atomic mass is 10.1. The highest BCUT2D eigenvalue weighted by Crippen LogP contribution is 2.31. The number of carbonyl (C=O) groups excluding carboxylic acids is 1. The molecular weight excluding hydrogens is 343 g/mol. The average molecular weight is 352 g/mol. The first kappa shape index (κ1) is 16.2. The van der Waals surface area contributed by atoms with Crippen LogP contribution in [0.5, 0.6) is 0 Å². The molecule has 112 valence electrons. The van der Waals surface area contributed by atoms with Crippen molar-refractivity contribution in [1.82, 2.24) is 5.32 Å². The molecule has 0 fully saturated rings. The molecule has 0 spiro atoms. The van der Waals surface area contributed by atoms with Crippen molar-refractivity contribution >= 4 is 40.4 Å². The van der Waals surface area contributed by atoms with Gasteiger partial charge in [-0.05, 0) is 23.8 Å². The van der Waals surface area contributed by atoms with Gasteiger partial charge in [0.1, 0.15) is 4.34 Å². The molecule has 2 N–H and O–H groups in total. The quantitative estimate of drug-likeness (QED) is 0.880. The van der Waals surface area contributed by atoms with Gasteiger partial charge in [0.25, 0.3) is 5.91 Å². The van der Waals surface area contributed by atoms with E-state index in [0.717, 1.165) is 23.5 Å². The normalized spacial score (nSPS) is 12.2. The van der Waals surface area contributed by atoms with E-state index < -0.39 is 23.6 Å². The minimum atomic E-state index is -1.17. The SMILES string of the molecule is O=C(NCC(O)c1ccc(F)c(F)c1)c1cc(Cl)sc1Cl. The van der Waals surface area contributed by atoms with Crippen LogP contribution in [0.1, 0.15) is 22.0 Å². The Morgan fingerprint density at radius 2 is 2.00 bits per heavy atom. The van der Waals surface area contributed by atoms with Gasteiger partial charge in [0.05, 0.1) is 16.0 Å².